The van der Waals surface area contributed by atoms with Gasteiger partial charge in [-0.3, -0.25) is 4.79 Å². The van der Waals surface area contributed by atoms with Gasteiger partial charge in [-0.15, -0.1) is 0 Å². The summed E-state index contributed by atoms with van der Waals surface area (Å²) in [6, 6.07) is 2.30. The lowest BCUT2D eigenvalue weighted by atomic mass is 10.0. The van der Waals surface area contributed by atoms with E-state index < -0.39 is 17.8 Å². The minimum atomic E-state index is -0.992. The van der Waals surface area contributed by atoms with Crippen LogP contribution in [-0.4, -0.2) is 18.2 Å². The SMILES string of the molecule is COc1cc(C(N)CC(=O)O)cc(C)c1F. The molecule has 0 fully saturated rings. The highest BCUT2D eigenvalue weighted by molar-refractivity contribution is 5.68. The van der Waals surface area contributed by atoms with E-state index in [0.29, 0.717) is 11.1 Å². The maximum absolute atomic E-state index is 13.4. The Morgan fingerprint density at radius 3 is 2.75 bits per heavy atom. The van der Waals surface area contributed by atoms with E-state index in [9.17, 15) is 9.18 Å². The molecule has 1 aromatic carbocycles. The van der Waals surface area contributed by atoms with Crippen LogP contribution in [0.15, 0.2) is 12.1 Å². The van der Waals surface area contributed by atoms with Crippen molar-refractivity contribution in [1.29, 1.82) is 0 Å². The molecule has 0 aliphatic rings. The maximum atomic E-state index is 13.4. The number of carboxylic acid groups (broad SMARTS) is 1. The van der Waals surface area contributed by atoms with Gasteiger partial charge < -0.3 is 15.6 Å². The second-order valence-electron chi connectivity index (χ2n) is 3.56. The number of ether oxygens (including phenoxy) is 1. The molecule has 0 amide bonds. The molecule has 4 nitrogen and oxygen atoms in total. The maximum Gasteiger partial charge on any atom is 0.305 e. The van der Waals surface area contributed by atoms with Crippen molar-refractivity contribution in [2.45, 2.75) is 19.4 Å². The third kappa shape index (κ3) is 2.70. The molecule has 0 heterocycles. The van der Waals surface area contributed by atoms with E-state index in [-0.39, 0.29) is 12.2 Å². The molecule has 1 rings (SSSR count). The molecular weight excluding hydrogens is 213 g/mol. The first-order valence-corrected chi connectivity index (χ1v) is 4.77. The number of aliphatic carboxylic acids is 1. The molecule has 1 unspecified atom stereocenters. The van der Waals surface area contributed by atoms with Gasteiger partial charge in [0.1, 0.15) is 0 Å². The van der Waals surface area contributed by atoms with E-state index in [0.717, 1.165) is 0 Å². The van der Waals surface area contributed by atoms with Gasteiger partial charge in [0.15, 0.2) is 11.6 Å². The summed E-state index contributed by atoms with van der Waals surface area (Å²) in [6.45, 7) is 1.58. The molecule has 88 valence electrons. The summed E-state index contributed by atoms with van der Waals surface area (Å²) in [4.78, 5) is 10.5. The van der Waals surface area contributed by atoms with E-state index >= 15 is 0 Å². The highest BCUT2D eigenvalue weighted by Gasteiger charge is 2.15. The number of methoxy groups -OCH3 is 1. The van der Waals surface area contributed by atoms with Crippen molar-refractivity contribution in [2.75, 3.05) is 7.11 Å². The molecule has 0 radical (unpaired) electrons. The summed E-state index contributed by atoms with van der Waals surface area (Å²) >= 11 is 0. The van der Waals surface area contributed by atoms with Gasteiger partial charge in [-0.05, 0) is 24.1 Å². The zero-order chi connectivity index (χ0) is 12.3. The average Bonchev–Trinajstić information content (AvgIpc) is 2.20. The molecule has 1 aromatic rings. The van der Waals surface area contributed by atoms with E-state index in [1.165, 1.54) is 19.2 Å². The first-order chi connectivity index (χ1) is 7.45. The van der Waals surface area contributed by atoms with Crippen molar-refractivity contribution in [2.24, 2.45) is 5.73 Å². The Morgan fingerprint density at radius 2 is 2.25 bits per heavy atom. The fourth-order valence-electron chi connectivity index (χ4n) is 1.43. The highest BCUT2D eigenvalue weighted by Crippen LogP contribution is 2.26. The number of hydrogen-bond acceptors (Lipinski definition) is 3. The molecule has 0 aliphatic carbocycles. The Labute approximate surface area is 92.8 Å². The minimum absolute atomic E-state index is 0.0795. The molecule has 0 saturated carbocycles. The summed E-state index contributed by atoms with van der Waals surface area (Å²) in [5, 5.41) is 8.61. The number of hydrogen-bond donors (Lipinski definition) is 2. The van der Waals surface area contributed by atoms with Crippen LogP contribution in [0.3, 0.4) is 0 Å². The number of nitrogens with two attached hydrogens (primary N) is 1. The fraction of sp³-hybridized carbons (Fsp3) is 0.364. The largest absolute Gasteiger partial charge is 0.494 e. The Kier molecular flexibility index (Phi) is 3.84. The van der Waals surface area contributed by atoms with Crippen molar-refractivity contribution in [3.05, 3.63) is 29.1 Å². The molecular formula is C11H14FNO3. The van der Waals surface area contributed by atoms with E-state index in [1.807, 2.05) is 0 Å². The third-order valence-corrected chi connectivity index (χ3v) is 2.29. The lowest BCUT2D eigenvalue weighted by Crippen LogP contribution is -2.15. The Hall–Kier alpha value is -1.62. The molecule has 0 saturated heterocycles. The smallest absolute Gasteiger partial charge is 0.305 e. The van der Waals surface area contributed by atoms with Gasteiger partial charge in [-0.2, -0.15) is 0 Å². The molecule has 1 atom stereocenters. The van der Waals surface area contributed by atoms with Gasteiger partial charge in [0.25, 0.3) is 0 Å². The number of carboxylic acids is 1. The van der Waals surface area contributed by atoms with Crippen LogP contribution < -0.4 is 10.5 Å². The molecule has 5 heteroatoms. The van der Waals surface area contributed by atoms with Gasteiger partial charge in [0, 0.05) is 6.04 Å². The van der Waals surface area contributed by atoms with E-state index in [4.69, 9.17) is 15.6 Å². The van der Waals surface area contributed by atoms with Gasteiger partial charge in [-0.1, -0.05) is 6.07 Å². The van der Waals surface area contributed by atoms with Gasteiger partial charge in [0.2, 0.25) is 0 Å². The predicted molar refractivity (Wildman–Crippen MR) is 56.9 cm³/mol. The van der Waals surface area contributed by atoms with Crippen molar-refractivity contribution in [3.63, 3.8) is 0 Å². The van der Waals surface area contributed by atoms with Crippen LogP contribution in [0.4, 0.5) is 4.39 Å². The highest BCUT2D eigenvalue weighted by atomic mass is 19.1. The summed E-state index contributed by atoms with van der Waals surface area (Å²) in [6.07, 6.45) is -0.200. The quantitative estimate of drug-likeness (QED) is 0.819. The summed E-state index contributed by atoms with van der Waals surface area (Å²) in [5.41, 5.74) is 6.62. The standard InChI is InChI=1S/C11H14FNO3/c1-6-3-7(8(13)5-10(14)15)4-9(16-2)11(6)12/h3-4,8H,5,13H2,1-2H3,(H,14,15). The Bertz CT molecular complexity index is 406. The summed E-state index contributed by atoms with van der Waals surface area (Å²) in [7, 11) is 1.35. The van der Waals surface area contributed by atoms with Crippen molar-refractivity contribution >= 4 is 5.97 Å². The number of benzene rings is 1. The topological polar surface area (TPSA) is 72.5 Å². The lowest BCUT2D eigenvalue weighted by molar-refractivity contribution is -0.137. The number of rotatable bonds is 4. The lowest BCUT2D eigenvalue weighted by Gasteiger charge is -2.13. The third-order valence-electron chi connectivity index (χ3n) is 2.29. The van der Waals surface area contributed by atoms with Crippen LogP contribution in [-0.2, 0) is 4.79 Å². The normalized spacial score (nSPS) is 12.2. The summed E-state index contributed by atoms with van der Waals surface area (Å²) < 4.78 is 18.3. The van der Waals surface area contributed by atoms with Crippen LogP contribution >= 0.6 is 0 Å². The fourth-order valence-corrected chi connectivity index (χ4v) is 1.43. The van der Waals surface area contributed by atoms with Gasteiger partial charge in [-0.25, -0.2) is 4.39 Å². The number of aryl methyl sites for hydroxylation is 1. The monoisotopic (exact) mass is 227 g/mol. The molecule has 0 aliphatic heterocycles. The first kappa shape index (κ1) is 12.4. The molecule has 3 N–H and O–H groups in total. The minimum Gasteiger partial charge on any atom is -0.494 e. The van der Waals surface area contributed by atoms with Gasteiger partial charge >= 0.3 is 5.97 Å². The predicted octanol–water partition coefficient (Wildman–Crippen LogP) is 1.62. The van der Waals surface area contributed by atoms with Crippen LogP contribution in [0.25, 0.3) is 0 Å². The first-order valence-electron chi connectivity index (χ1n) is 4.77. The molecule has 0 aromatic heterocycles. The van der Waals surface area contributed by atoms with E-state index in [1.54, 1.807) is 6.92 Å². The van der Waals surface area contributed by atoms with Crippen molar-refractivity contribution in [3.8, 4) is 5.75 Å². The number of carbonyl (C=O) groups is 1. The van der Waals surface area contributed by atoms with Crippen LogP contribution in [0.2, 0.25) is 0 Å². The Morgan fingerprint density at radius 1 is 1.62 bits per heavy atom. The zero-order valence-corrected chi connectivity index (χ0v) is 9.16. The summed E-state index contributed by atoms with van der Waals surface area (Å²) in [5.74, 6) is -1.36. The van der Waals surface area contributed by atoms with Crippen LogP contribution in [0.5, 0.6) is 5.75 Å². The Balaban J connectivity index is 3.05. The molecule has 16 heavy (non-hydrogen) atoms. The second-order valence-corrected chi connectivity index (χ2v) is 3.56. The van der Waals surface area contributed by atoms with Gasteiger partial charge in [0.05, 0.1) is 13.5 Å². The zero-order valence-electron chi connectivity index (χ0n) is 9.16. The van der Waals surface area contributed by atoms with Crippen LogP contribution in [0.1, 0.15) is 23.6 Å². The molecule has 0 bridgehead atoms. The second kappa shape index (κ2) is 4.94. The van der Waals surface area contributed by atoms with E-state index in [2.05, 4.69) is 0 Å². The average molecular weight is 227 g/mol. The van der Waals surface area contributed by atoms with Crippen molar-refractivity contribution in [1.82, 2.24) is 0 Å². The molecule has 0 spiro atoms. The van der Waals surface area contributed by atoms with Crippen LogP contribution in [0, 0.1) is 12.7 Å². The number of halogens is 1. The van der Waals surface area contributed by atoms with Crippen molar-refractivity contribution < 1.29 is 19.0 Å².